The Morgan fingerprint density at radius 3 is 2.59 bits per heavy atom. The number of benzene rings is 1. The molecule has 0 bridgehead atoms. The van der Waals surface area contributed by atoms with Gasteiger partial charge in [0.2, 0.25) is 0 Å². The zero-order valence-corrected chi connectivity index (χ0v) is 12.6. The molecular formula is C13H13Br2NO. The van der Waals surface area contributed by atoms with E-state index in [0.717, 1.165) is 14.9 Å². The lowest BCUT2D eigenvalue weighted by Gasteiger charge is -2.14. The van der Waals surface area contributed by atoms with Crippen molar-refractivity contribution in [2.24, 2.45) is 0 Å². The zero-order valence-electron chi connectivity index (χ0n) is 9.41. The van der Waals surface area contributed by atoms with Gasteiger partial charge in [-0.05, 0) is 46.6 Å². The molecule has 0 aliphatic rings. The van der Waals surface area contributed by atoms with Gasteiger partial charge in [0.15, 0.2) is 4.67 Å². The van der Waals surface area contributed by atoms with Crippen molar-refractivity contribution in [2.45, 2.75) is 19.5 Å². The topological polar surface area (TPSA) is 25.2 Å². The number of nitrogens with one attached hydrogen (secondary N) is 1. The first-order chi connectivity index (χ1) is 8.16. The highest BCUT2D eigenvalue weighted by Gasteiger charge is 2.09. The molecule has 0 amide bonds. The fourth-order valence-corrected chi connectivity index (χ4v) is 2.60. The van der Waals surface area contributed by atoms with Gasteiger partial charge in [-0.15, -0.1) is 0 Å². The molecule has 1 aromatic heterocycles. The third-order valence-electron chi connectivity index (χ3n) is 2.58. The molecule has 0 aliphatic carbocycles. The summed E-state index contributed by atoms with van der Waals surface area (Å²) in [6.45, 7) is 2.85. The number of hydrogen-bond donors (Lipinski definition) is 1. The molecule has 0 fully saturated rings. The third-order valence-corrected chi connectivity index (χ3v) is 3.73. The Kier molecular flexibility index (Phi) is 4.42. The van der Waals surface area contributed by atoms with E-state index in [1.165, 1.54) is 5.56 Å². The normalized spacial score (nSPS) is 12.6. The summed E-state index contributed by atoms with van der Waals surface area (Å²) in [4.78, 5) is 0. The van der Waals surface area contributed by atoms with Gasteiger partial charge in [-0.3, -0.25) is 0 Å². The Labute approximate surface area is 118 Å². The van der Waals surface area contributed by atoms with E-state index in [-0.39, 0.29) is 6.04 Å². The maximum atomic E-state index is 5.44. The van der Waals surface area contributed by atoms with Crippen LogP contribution in [0.3, 0.4) is 0 Å². The Morgan fingerprint density at radius 2 is 1.94 bits per heavy atom. The minimum Gasteiger partial charge on any atom is -0.453 e. The Balaban J connectivity index is 1.98. The van der Waals surface area contributed by atoms with Crippen molar-refractivity contribution < 1.29 is 4.42 Å². The highest BCUT2D eigenvalue weighted by Crippen LogP contribution is 2.23. The van der Waals surface area contributed by atoms with Gasteiger partial charge in [-0.2, -0.15) is 0 Å². The van der Waals surface area contributed by atoms with E-state index >= 15 is 0 Å². The summed E-state index contributed by atoms with van der Waals surface area (Å²) in [5.41, 5.74) is 1.25. The Hall–Kier alpha value is -0.580. The van der Waals surface area contributed by atoms with Crippen LogP contribution in [0.5, 0.6) is 0 Å². The van der Waals surface area contributed by atoms with Crippen molar-refractivity contribution in [1.29, 1.82) is 0 Å². The summed E-state index contributed by atoms with van der Waals surface area (Å²) in [5.74, 6) is 0.927. The van der Waals surface area contributed by atoms with E-state index in [9.17, 15) is 0 Å². The second-order valence-corrected chi connectivity index (χ2v) is 5.47. The average Bonchev–Trinajstić information content (AvgIpc) is 2.73. The highest BCUT2D eigenvalue weighted by atomic mass is 79.9. The van der Waals surface area contributed by atoms with Crippen LogP contribution in [0.1, 0.15) is 24.3 Å². The van der Waals surface area contributed by atoms with Gasteiger partial charge in [0.1, 0.15) is 5.76 Å². The van der Waals surface area contributed by atoms with Crippen molar-refractivity contribution in [3.8, 4) is 0 Å². The Bertz CT molecular complexity index is 496. The van der Waals surface area contributed by atoms with E-state index in [1.807, 2.05) is 24.3 Å². The summed E-state index contributed by atoms with van der Waals surface area (Å²) in [5, 5.41) is 3.42. The van der Waals surface area contributed by atoms with Crippen LogP contribution in [0, 0.1) is 0 Å². The lowest BCUT2D eigenvalue weighted by Crippen LogP contribution is -2.18. The number of hydrogen-bond acceptors (Lipinski definition) is 2. The molecule has 0 radical (unpaired) electrons. The van der Waals surface area contributed by atoms with Crippen LogP contribution in [0.25, 0.3) is 0 Å². The first-order valence-electron chi connectivity index (χ1n) is 5.39. The smallest absolute Gasteiger partial charge is 0.169 e. The number of halogens is 2. The summed E-state index contributed by atoms with van der Waals surface area (Å²) >= 11 is 6.85. The SMILES string of the molecule is C[C@@H](NCc1ccc(Br)o1)c1ccccc1Br. The quantitative estimate of drug-likeness (QED) is 0.860. The van der Waals surface area contributed by atoms with Crippen molar-refractivity contribution >= 4 is 31.9 Å². The monoisotopic (exact) mass is 357 g/mol. The second kappa shape index (κ2) is 5.85. The van der Waals surface area contributed by atoms with Gasteiger partial charge >= 0.3 is 0 Å². The fourth-order valence-electron chi connectivity index (χ4n) is 1.64. The summed E-state index contributed by atoms with van der Waals surface area (Å²) in [7, 11) is 0. The van der Waals surface area contributed by atoms with Gasteiger partial charge in [0.25, 0.3) is 0 Å². The predicted molar refractivity (Wildman–Crippen MR) is 75.8 cm³/mol. The predicted octanol–water partition coefficient (Wildman–Crippen LogP) is 4.66. The molecule has 90 valence electrons. The van der Waals surface area contributed by atoms with Gasteiger partial charge in [0, 0.05) is 10.5 Å². The van der Waals surface area contributed by atoms with Crippen molar-refractivity contribution in [3.05, 3.63) is 56.9 Å². The van der Waals surface area contributed by atoms with Crippen molar-refractivity contribution in [2.75, 3.05) is 0 Å². The Morgan fingerprint density at radius 1 is 1.18 bits per heavy atom. The van der Waals surface area contributed by atoms with Crippen LogP contribution < -0.4 is 5.32 Å². The van der Waals surface area contributed by atoms with Crippen molar-refractivity contribution in [3.63, 3.8) is 0 Å². The molecular weight excluding hydrogens is 346 g/mol. The van der Waals surface area contributed by atoms with Gasteiger partial charge < -0.3 is 9.73 Å². The van der Waals surface area contributed by atoms with E-state index in [4.69, 9.17) is 4.42 Å². The van der Waals surface area contributed by atoms with Crippen LogP contribution in [-0.2, 0) is 6.54 Å². The molecule has 0 saturated carbocycles. The maximum absolute atomic E-state index is 5.44. The summed E-state index contributed by atoms with van der Waals surface area (Å²) in [6.07, 6.45) is 0. The van der Waals surface area contributed by atoms with Crippen LogP contribution in [-0.4, -0.2) is 0 Å². The molecule has 1 aromatic carbocycles. The van der Waals surface area contributed by atoms with Gasteiger partial charge in [-0.1, -0.05) is 34.1 Å². The molecule has 0 saturated heterocycles. The first kappa shape index (κ1) is 12.9. The molecule has 0 unspecified atom stereocenters. The number of rotatable bonds is 4. The van der Waals surface area contributed by atoms with E-state index < -0.39 is 0 Å². The molecule has 2 aromatic rings. The van der Waals surface area contributed by atoms with Crippen LogP contribution in [0.15, 0.2) is 50.0 Å². The maximum Gasteiger partial charge on any atom is 0.169 e. The largest absolute Gasteiger partial charge is 0.453 e. The zero-order chi connectivity index (χ0) is 12.3. The highest BCUT2D eigenvalue weighted by molar-refractivity contribution is 9.10. The van der Waals surface area contributed by atoms with E-state index in [0.29, 0.717) is 6.54 Å². The summed E-state index contributed by atoms with van der Waals surface area (Å²) in [6, 6.07) is 12.4. The van der Waals surface area contributed by atoms with Crippen molar-refractivity contribution in [1.82, 2.24) is 5.32 Å². The average molecular weight is 359 g/mol. The molecule has 4 heteroatoms. The fraction of sp³-hybridized carbons (Fsp3) is 0.231. The van der Waals surface area contributed by atoms with Crippen LogP contribution in [0.2, 0.25) is 0 Å². The molecule has 1 heterocycles. The van der Waals surface area contributed by atoms with E-state index in [1.54, 1.807) is 0 Å². The standard InChI is InChI=1S/C13H13Br2NO/c1-9(11-4-2-3-5-12(11)14)16-8-10-6-7-13(15)17-10/h2-7,9,16H,8H2,1H3/t9-/m1/s1. The van der Waals surface area contributed by atoms with Gasteiger partial charge in [-0.25, -0.2) is 0 Å². The second-order valence-electron chi connectivity index (χ2n) is 3.83. The molecule has 0 aliphatic heterocycles. The molecule has 0 spiro atoms. The van der Waals surface area contributed by atoms with Gasteiger partial charge in [0.05, 0.1) is 6.54 Å². The van der Waals surface area contributed by atoms with E-state index in [2.05, 4.69) is 56.2 Å². The summed E-state index contributed by atoms with van der Waals surface area (Å²) < 4.78 is 7.33. The molecule has 1 atom stereocenters. The van der Waals surface area contributed by atoms with Crippen LogP contribution >= 0.6 is 31.9 Å². The third kappa shape index (κ3) is 3.44. The van der Waals surface area contributed by atoms with Crippen LogP contribution in [0.4, 0.5) is 0 Å². The molecule has 17 heavy (non-hydrogen) atoms. The molecule has 2 nitrogen and oxygen atoms in total. The minimum absolute atomic E-state index is 0.273. The minimum atomic E-state index is 0.273. The molecule has 2 rings (SSSR count). The lowest BCUT2D eigenvalue weighted by atomic mass is 10.1. The lowest BCUT2D eigenvalue weighted by molar-refractivity contribution is 0.446. The first-order valence-corrected chi connectivity index (χ1v) is 6.97. The molecule has 1 N–H and O–H groups in total. The number of furan rings is 1.